The molecule has 5 atom stereocenters. The lowest BCUT2D eigenvalue weighted by Gasteiger charge is -2.40. The molecule has 0 spiro atoms. The molecule has 0 aromatic carbocycles. The molecule has 1 aromatic heterocycles. The molecule has 0 amide bonds. The van der Waals surface area contributed by atoms with E-state index in [-0.39, 0.29) is 4.77 Å². The van der Waals surface area contributed by atoms with E-state index < -0.39 is 42.2 Å². The van der Waals surface area contributed by atoms with Gasteiger partial charge in [-0.3, -0.25) is 14.3 Å². The smallest absolute Gasteiger partial charge is 0.335 e. The molecular formula is C13H18N2O7S. The highest BCUT2D eigenvalue weighted by Crippen LogP contribution is 2.29. The van der Waals surface area contributed by atoms with Gasteiger partial charge < -0.3 is 25.2 Å². The largest absolute Gasteiger partial charge is 0.479 e. The van der Waals surface area contributed by atoms with Crippen LogP contribution >= 0.6 is 12.2 Å². The predicted molar refractivity (Wildman–Crippen MR) is 79.4 cm³/mol. The van der Waals surface area contributed by atoms with Crippen molar-refractivity contribution in [2.24, 2.45) is 0 Å². The number of ether oxygens (including phenoxy) is 1. The number of carboxylic acid groups (broad SMARTS) is 1. The molecule has 23 heavy (non-hydrogen) atoms. The quantitative estimate of drug-likeness (QED) is 0.433. The predicted octanol–water partition coefficient (Wildman–Crippen LogP) is -1.08. The number of nitrogens with zero attached hydrogens (tertiary/aromatic N) is 1. The van der Waals surface area contributed by atoms with Gasteiger partial charge in [0.25, 0.3) is 5.56 Å². The highest BCUT2D eigenvalue weighted by atomic mass is 32.1. The Bertz CT molecular complexity index is 700. The van der Waals surface area contributed by atoms with Crippen LogP contribution in [0.1, 0.15) is 25.3 Å². The molecular weight excluding hydrogens is 328 g/mol. The Morgan fingerprint density at radius 2 is 2.00 bits per heavy atom. The SMILES string of the molecule is CCCc1cc(=O)[nH]c(=S)n1[C@@H]1OC(C(=O)O)[C@H](O)C(O)C1O. The number of aromatic nitrogens is 2. The number of aromatic amines is 1. The summed E-state index contributed by atoms with van der Waals surface area (Å²) in [5.41, 5.74) is -0.00612. The lowest BCUT2D eigenvalue weighted by molar-refractivity contribution is -0.247. The van der Waals surface area contributed by atoms with Crippen LogP contribution in [-0.2, 0) is 16.0 Å². The number of carboxylic acids is 1. The number of hydrogen-bond donors (Lipinski definition) is 5. The summed E-state index contributed by atoms with van der Waals surface area (Å²) >= 11 is 5.07. The van der Waals surface area contributed by atoms with Crippen LogP contribution in [0, 0.1) is 4.77 Å². The summed E-state index contributed by atoms with van der Waals surface area (Å²) < 4.78 is 6.44. The second kappa shape index (κ2) is 6.89. The molecule has 0 aliphatic carbocycles. The zero-order valence-electron chi connectivity index (χ0n) is 12.2. The van der Waals surface area contributed by atoms with E-state index in [1.54, 1.807) is 0 Å². The lowest BCUT2D eigenvalue weighted by atomic mass is 9.97. The van der Waals surface area contributed by atoms with Crippen molar-refractivity contribution < 1.29 is 30.0 Å². The van der Waals surface area contributed by atoms with Gasteiger partial charge in [-0.25, -0.2) is 4.79 Å². The molecule has 1 saturated heterocycles. The van der Waals surface area contributed by atoms with Crippen LogP contribution in [0.15, 0.2) is 10.9 Å². The fourth-order valence-corrected chi connectivity index (χ4v) is 2.88. The Hall–Kier alpha value is -1.59. The molecule has 1 aliphatic heterocycles. The van der Waals surface area contributed by atoms with Crippen molar-refractivity contribution in [2.75, 3.05) is 0 Å². The van der Waals surface area contributed by atoms with E-state index in [0.29, 0.717) is 18.5 Å². The minimum Gasteiger partial charge on any atom is -0.479 e. The first-order chi connectivity index (χ1) is 10.8. The van der Waals surface area contributed by atoms with Gasteiger partial charge in [0.1, 0.15) is 18.3 Å². The molecule has 2 heterocycles. The summed E-state index contributed by atoms with van der Waals surface area (Å²) in [6.07, 6.45) is -7.13. The molecule has 1 aliphatic rings. The third kappa shape index (κ3) is 3.35. The number of H-pyrrole nitrogens is 1. The van der Waals surface area contributed by atoms with Crippen LogP contribution in [-0.4, -0.2) is 60.4 Å². The second-order valence-corrected chi connectivity index (χ2v) is 5.69. The fourth-order valence-electron chi connectivity index (χ4n) is 2.56. The van der Waals surface area contributed by atoms with Gasteiger partial charge in [-0.2, -0.15) is 0 Å². The van der Waals surface area contributed by atoms with Crippen molar-refractivity contribution in [2.45, 2.75) is 50.4 Å². The van der Waals surface area contributed by atoms with Gasteiger partial charge in [0.2, 0.25) is 0 Å². The van der Waals surface area contributed by atoms with Crippen molar-refractivity contribution in [1.82, 2.24) is 9.55 Å². The van der Waals surface area contributed by atoms with Gasteiger partial charge in [0.05, 0.1) is 0 Å². The Labute approximate surface area is 135 Å². The Morgan fingerprint density at radius 1 is 1.35 bits per heavy atom. The average molecular weight is 346 g/mol. The van der Waals surface area contributed by atoms with Crippen LogP contribution in [0.3, 0.4) is 0 Å². The molecule has 10 heteroatoms. The van der Waals surface area contributed by atoms with Crippen LogP contribution in [0.25, 0.3) is 0 Å². The summed E-state index contributed by atoms with van der Waals surface area (Å²) in [7, 11) is 0. The molecule has 1 fully saturated rings. The fraction of sp³-hybridized carbons (Fsp3) is 0.615. The van der Waals surface area contributed by atoms with Crippen molar-refractivity contribution in [3.8, 4) is 0 Å². The van der Waals surface area contributed by atoms with Crippen molar-refractivity contribution in [1.29, 1.82) is 0 Å². The zero-order valence-corrected chi connectivity index (χ0v) is 13.1. The van der Waals surface area contributed by atoms with E-state index in [4.69, 9.17) is 22.1 Å². The first kappa shape index (κ1) is 17.8. The molecule has 2 rings (SSSR count). The Kier molecular flexibility index (Phi) is 5.32. The van der Waals surface area contributed by atoms with Crippen LogP contribution in [0.2, 0.25) is 0 Å². The van der Waals surface area contributed by atoms with Gasteiger partial charge >= 0.3 is 5.97 Å². The number of rotatable bonds is 4. The number of hydrogen-bond acceptors (Lipinski definition) is 7. The third-order valence-electron chi connectivity index (χ3n) is 3.65. The van der Waals surface area contributed by atoms with E-state index in [9.17, 15) is 24.9 Å². The first-order valence-electron chi connectivity index (χ1n) is 7.05. The molecule has 5 N–H and O–H groups in total. The van der Waals surface area contributed by atoms with E-state index in [0.717, 1.165) is 0 Å². The molecule has 1 aromatic rings. The zero-order chi connectivity index (χ0) is 17.3. The number of aryl methyl sites for hydroxylation is 1. The maximum atomic E-state index is 11.6. The highest BCUT2D eigenvalue weighted by Gasteiger charge is 2.48. The van der Waals surface area contributed by atoms with Gasteiger partial charge in [-0.1, -0.05) is 13.3 Å². The normalized spacial score (nSPS) is 31.0. The number of nitrogens with one attached hydrogen (secondary N) is 1. The summed E-state index contributed by atoms with van der Waals surface area (Å²) in [6, 6.07) is 1.27. The number of aliphatic carboxylic acids is 1. The van der Waals surface area contributed by atoms with Crippen LogP contribution < -0.4 is 5.56 Å². The number of aliphatic hydroxyl groups is 3. The average Bonchev–Trinajstić information content (AvgIpc) is 2.46. The summed E-state index contributed by atoms with van der Waals surface area (Å²) in [6.45, 7) is 1.87. The topological polar surface area (TPSA) is 145 Å². The van der Waals surface area contributed by atoms with Crippen LogP contribution in [0.4, 0.5) is 0 Å². The minimum absolute atomic E-state index is 0.0715. The third-order valence-corrected chi connectivity index (χ3v) is 3.95. The maximum absolute atomic E-state index is 11.6. The van der Waals surface area contributed by atoms with E-state index >= 15 is 0 Å². The van der Waals surface area contributed by atoms with E-state index in [2.05, 4.69) is 4.98 Å². The number of aliphatic hydroxyl groups excluding tert-OH is 3. The highest BCUT2D eigenvalue weighted by molar-refractivity contribution is 7.71. The van der Waals surface area contributed by atoms with Gasteiger partial charge in [0, 0.05) is 11.8 Å². The molecule has 0 saturated carbocycles. The van der Waals surface area contributed by atoms with E-state index in [1.165, 1.54) is 10.6 Å². The van der Waals surface area contributed by atoms with Gasteiger partial charge in [-0.05, 0) is 18.6 Å². The Balaban J connectivity index is 2.53. The summed E-state index contributed by atoms with van der Waals surface area (Å²) in [5.74, 6) is -1.48. The van der Waals surface area contributed by atoms with Crippen molar-refractivity contribution in [3.63, 3.8) is 0 Å². The Morgan fingerprint density at radius 3 is 2.57 bits per heavy atom. The maximum Gasteiger partial charge on any atom is 0.335 e. The second-order valence-electron chi connectivity index (χ2n) is 5.31. The lowest BCUT2D eigenvalue weighted by Crippen LogP contribution is -2.58. The van der Waals surface area contributed by atoms with Crippen molar-refractivity contribution >= 4 is 18.2 Å². The van der Waals surface area contributed by atoms with Crippen molar-refractivity contribution in [3.05, 3.63) is 26.9 Å². The summed E-state index contributed by atoms with van der Waals surface area (Å²) in [4.78, 5) is 25.1. The standard InChI is InChI=1S/C13H18N2O7S/c1-2-3-5-4-6(16)14-13(23)15(5)11-9(19)7(17)8(18)10(22-11)12(20)21/h4,7-11,17-19H,2-3H2,1H3,(H,20,21)(H,14,16,23)/t7?,8-,9?,10?,11-/m1/s1. The molecule has 0 radical (unpaired) electrons. The monoisotopic (exact) mass is 346 g/mol. The minimum atomic E-state index is -1.79. The van der Waals surface area contributed by atoms with Crippen LogP contribution in [0.5, 0.6) is 0 Å². The number of carbonyl (C=O) groups is 1. The summed E-state index contributed by atoms with van der Waals surface area (Å²) in [5, 5.41) is 38.9. The molecule has 9 nitrogen and oxygen atoms in total. The first-order valence-corrected chi connectivity index (χ1v) is 7.46. The van der Waals surface area contributed by atoms with Gasteiger partial charge in [-0.15, -0.1) is 0 Å². The van der Waals surface area contributed by atoms with Gasteiger partial charge in [0.15, 0.2) is 17.1 Å². The van der Waals surface area contributed by atoms with E-state index in [1.807, 2.05) is 6.92 Å². The molecule has 3 unspecified atom stereocenters. The molecule has 0 bridgehead atoms. The molecule has 128 valence electrons.